The van der Waals surface area contributed by atoms with Gasteiger partial charge >= 0.3 is 0 Å². The molecule has 4 heteroatoms. The second-order valence-electron chi connectivity index (χ2n) is 3.86. The number of hydrogen-bond donors (Lipinski definition) is 1. The minimum Gasteiger partial charge on any atom is -0.487 e. The van der Waals surface area contributed by atoms with Crippen LogP contribution in [-0.2, 0) is 6.61 Å². The Kier molecular flexibility index (Phi) is 3.76. The summed E-state index contributed by atoms with van der Waals surface area (Å²) in [6.45, 7) is 4.14. The molecule has 0 amide bonds. The molecule has 2 aromatic rings. The normalized spacial score (nSPS) is 12.4. The highest BCUT2D eigenvalue weighted by molar-refractivity contribution is 7.09. The van der Waals surface area contributed by atoms with Crippen LogP contribution in [0.1, 0.15) is 29.3 Å². The predicted molar refractivity (Wildman–Crippen MR) is 68.3 cm³/mol. The van der Waals surface area contributed by atoms with Crippen LogP contribution in [-0.4, -0.2) is 10.1 Å². The van der Waals surface area contributed by atoms with Crippen molar-refractivity contribution in [2.75, 3.05) is 0 Å². The molecule has 0 aliphatic heterocycles. The summed E-state index contributed by atoms with van der Waals surface area (Å²) < 4.78 is 5.68. The number of rotatable bonds is 4. The van der Waals surface area contributed by atoms with Crippen molar-refractivity contribution < 1.29 is 9.84 Å². The molecule has 1 unspecified atom stereocenters. The fraction of sp³-hybridized carbons (Fsp3) is 0.308. The zero-order chi connectivity index (χ0) is 12.3. The third-order valence-corrected chi connectivity index (χ3v) is 3.23. The highest BCUT2D eigenvalue weighted by atomic mass is 32.1. The van der Waals surface area contributed by atoms with Crippen LogP contribution in [0.5, 0.6) is 5.75 Å². The van der Waals surface area contributed by atoms with Crippen molar-refractivity contribution >= 4 is 11.3 Å². The molecule has 0 saturated heterocycles. The summed E-state index contributed by atoms with van der Waals surface area (Å²) >= 11 is 1.61. The van der Waals surface area contributed by atoms with Crippen molar-refractivity contribution in [2.24, 2.45) is 0 Å². The van der Waals surface area contributed by atoms with Gasteiger partial charge < -0.3 is 9.84 Å². The smallest absolute Gasteiger partial charge is 0.131 e. The molecule has 0 radical (unpaired) electrons. The minimum atomic E-state index is -0.525. The Morgan fingerprint density at radius 1 is 1.41 bits per heavy atom. The minimum absolute atomic E-state index is 0.439. The number of para-hydroxylation sites is 1. The first kappa shape index (κ1) is 12.1. The SMILES string of the molecule is Cc1nc(COc2ccccc2C(C)O)cs1. The van der Waals surface area contributed by atoms with Gasteiger partial charge in [-0.1, -0.05) is 18.2 Å². The van der Waals surface area contributed by atoms with Gasteiger partial charge in [-0.25, -0.2) is 4.98 Å². The zero-order valence-corrected chi connectivity index (χ0v) is 10.7. The van der Waals surface area contributed by atoms with Gasteiger partial charge in [0.05, 0.1) is 16.8 Å². The molecule has 1 heterocycles. The molecule has 17 heavy (non-hydrogen) atoms. The van der Waals surface area contributed by atoms with Crippen LogP contribution in [0.4, 0.5) is 0 Å². The van der Waals surface area contributed by atoms with Gasteiger partial charge in [0.1, 0.15) is 12.4 Å². The number of benzene rings is 1. The molecule has 0 aliphatic carbocycles. The van der Waals surface area contributed by atoms with E-state index in [-0.39, 0.29) is 0 Å². The van der Waals surface area contributed by atoms with Crippen molar-refractivity contribution in [1.29, 1.82) is 0 Å². The van der Waals surface area contributed by atoms with Crippen molar-refractivity contribution in [3.63, 3.8) is 0 Å². The maximum atomic E-state index is 9.61. The van der Waals surface area contributed by atoms with Gasteiger partial charge in [-0.05, 0) is 19.9 Å². The third-order valence-electron chi connectivity index (χ3n) is 2.41. The number of ether oxygens (including phenoxy) is 1. The van der Waals surface area contributed by atoms with Crippen LogP contribution < -0.4 is 4.74 Å². The number of aliphatic hydroxyl groups excluding tert-OH is 1. The van der Waals surface area contributed by atoms with E-state index in [1.54, 1.807) is 18.3 Å². The molecule has 1 aromatic heterocycles. The molecule has 1 aromatic carbocycles. The Hall–Kier alpha value is -1.39. The van der Waals surface area contributed by atoms with E-state index < -0.39 is 6.10 Å². The zero-order valence-electron chi connectivity index (χ0n) is 9.88. The molecule has 0 aliphatic rings. The molecule has 0 spiro atoms. The molecule has 2 rings (SSSR count). The lowest BCUT2D eigenvalue weighted by molar-refractivity contribution is 0.190. The molecule has 3 nitrogen and oxygen atoms in total. The summed E-state index contributed by atoms with van der Waals surface area (Å²) in [5, 5.41) is 12.6. The summed E-state index contributed by atoms with van der Waals surface area (Å²) in [5.41, 5.74) is 1.73. The van der Waals surface area contributed by atoms with Crippen LogP contribution in [0.15, 0.2) is 29.6 Å². The maximum Gasteiger partial charge on any atom is 0.131 e. The van der Waals surface area contributed by atoms with Gasteiger partial charge in [-0.2, -0.15) is 0 Å². The fourth-order valence-corrected chi connectivity index (χ4v) is 2.18. The van der Waals surface area contributed by atoms with E-state index in [2.05, 4.69) is 4.98 Å². The number of aliphatic hydroxyl groups is 1. The molecule has 90 valence electrons. The van der Waals surface area contributed by atoms with Crippen molar-refractivity contribution in [3.8, 4) is 5.75 Å². The Labute approximate surface area is 105 Å². The molecule has 1 N–H and O–H groups in total. The van der Waals surface area contributed by atoms with Crippen LogP contribution in [0.2, 0.25) is 0 Å². The highest BCUT2D eigenvalue weighted by Crippen LogP contribution is 2.25. The maximum absolute atomic E-state index is 9.61. The van der Waals surface area contributed by atoms with Crippen LogP contribution in [0, 0.1) is 6.92 Å². The first-order chi connectivity index (χ1) is 8.16. The van der Waals surface area contributed by atoms with E-state index in [9.17, 15) is 5.11 Å². The second kappa shape index (κ2) is 5.29. The lowest BCUT2D eigenvalue weighted by Crippen LogP contribution is -2.01. The van der Waals surface area contributed by atoms with Gasteiger partial charge in [-0.3, -0.25) is 0 Å². The second-order valence-corrected chi connectivity index (χ2v) is 4.92. The molecule has 0 saturated carbocycles. The van der Waals surface area contributed by atoms with Gasteiger partial charge in [0.2, 0.25) is 0 Å². The van der Waals surface area contributed by atoms with E-state index in [1.165, 1.54) is 0 Å². The van der Waals surface area contributed by atoms with Crippen LogP contribution in [0.25, 0.3) is 0 Å². The first-order valence-corrected chi connectivity index (χ1v) is 6.35. The largest absolute Gasteiger partial charge is 0.487 e. The highest BCUT2D eigenvalue weighted by Gasteiger charge is 2.08. The third kappa shape index (κ3) is 3.05. The Morgan fingerprint density at radius 2 is 2.18 bits per heavy atom. The topological polar surface area (TPSA) is 42.4 Å². The van der Waals surface area contributed by atoms with Gasteiger partial charge in [0.25, 0.3) is 0 Å². The summed E-state index contributed by atoms with van der Waals surface area (Å²) in [6.07, 6.45) is -0.525. The van der Waals surface area contributed by atoms with E-state index in [1.807, 2.05) is 36.6 Å². The van der Waals surface area contributed by atoms with E-state index in [4.69, 9.17) is 4.74 Å². The summed E-state index contributed by atoms with van der Waals surface area (Å²) in [7, 11) is 0. The summed E-state index contributed by atoms with van der Waals surface area (Å²) in [5.74, 6) is 0.716. The lowest BCUT2D eigenvalue weighted by atomic mass is 10.1. The van der Waals surface area contributed by atoms with Crippen molar-refractivity contribution in [3.05, 3.63) is 45.9 Å². The average molecular weight is 249 g/mol. The number of nitrogens with zero attached hydrogens (tertiary/aromatic N) is 1. The van der Waals surface area contributed by atoms with E-state index >= 15 is 0 Å². The molecule has 1 atom stereocenters. The fourth-order valence-electron chi connectivity index (χ4n) is 1.58. The van der Waals surface area contributed by atoms with Crippen molar-refractivity contribution in [1.82, 2.24) is 4.98 Å². The lowest BCUT2D eigenvalue weighted by Gasteiger charge is -2.12. The number of aryl methyl sites for hydroxylation is 1. The van der Waals surface area contributed by atoms with Crippen molar-refractivity contribution in [2.45, 2.75) is 26.6 Å². The number of hydrogen-bond acceptors (Lipinski definition) is 4. The molecule has 0 bridgehead atoms. The Bertz CT molecular complexity index is 494. The van der Waals surface area contributed by atoms with Crippen LogP contribution in [0.3, 0.4) is 0 Å². The summed E-state index contributed by atoms with van der Waals surface area (Å²) in [6, 6.07) is 7.52. The standard InChI is InChI=1S/C13H15NO2S/c1-9(15)12-5-3-4-6-13(12)16-7-11-8-17-10(2)14-11/h3-6,8-9,15H,7H2,1-2H3. The van der Waals surface area contributed by atoms with E-state index in [0.717, 1.165) is 16.3 Å². The Balaban J connectivity index is 2.08. The quantitative estimate of drug-likeness (QED) is 0.905. The van der Waals surface area contributed by atoms with Gasteiger partial charge in [0, 0.05) is 10.9 Å². The summed E-state index contributed by atoms with van der Waals surface area (Å²) in [4.78, 5) is 4.33. The predicted octanol–water partition coefficient (Wildman–Crippen LogP) is 3.08. The van der Waals surface area contributed by atoms with Gasteiger partial charge in [-0.15, -0.1) is 11.3 Å². The Morgan fingerprint density at radius 3 is 2.82 bits per heavy atom. The van der Waals surface area contributed by atoms with Crippen LogP contribution >= 0.6 is 11.3 Å². The molecule has 0 fully saturated rings. The average Bonchev–Trinajstić information content (AvgIpc) is 2.73. The monoisotopic (exact) mass is 249 g/mol. The van der Waals surface area contributed by atoms with E-state index in [0.29, 0.717) is 12.4 Å². The number of thiazole rings is 1. The van der Waals surface area contributed by atoms with Gasteiger partial charge in [0.15, 0.2) is 0 Å². The number of aromatic nitrogens is 1. The first-order valence-electron chi connectivity index (χ1n) is 5.47. The molecular formula is C13H15NO2S. The molecular weight excluding hydrogens is 234 g/mol.